The Morgan fingerprint density at radius 3 is 2.80 bits per heavy atom. The van der Waals surface area contributed by atoms with Crippen molar-refractivity contribution in [3.05, 3.63) is 39.7 Å². The van der Waals surface area contributed by atoms with Crippen molar-refractivity contribution in [3.63, 3.8) is 0 Å². The Morgan fingerprint density at radius 2 is 2.12 bits per heavy atom. The minimum Gasteiger partial charge on any atom is -0.341 e. The molecule has 0 aromatic carbocycles. The van der Waals surface area contributed by atoms with Crippen LogP contribution in [0.25, 0.3) is 11.4 Å². The summed E-state index contributed by atoms with van der Waals surface area (Å²) in [5, 5.41) is 2.20. The van der Waals surface area contributed by atoms with Crippen LogP contribution in [-0.4, -0.2) is 46.8 Å². The molecule has 2 aromatic rings. The van der Waals surface area contributed by atoms with E-state index >= 15 is 0 Å². The summed E-state index contributed by atoms with van der Waals surface area (Å²) in [5.41, 5.74) is -0.639. The van der Waals surface area contributed by atoms with Gasteiger partial charge in [0.15, 0.2) is 5.82 Å². The number of H-pyrrole nitrogens is 1. The van der Waals surface area contributed by atoms with Crippen molar-refractivity contribution in [1.82, 2.24) is 20.3 Å². The molecular weight excluding hydrogens is 366 g/mol. The normalized spacial score (nSPS) is 18.4. The van der Waals surface area contributed by atoms with Crippen molar-refractivity contribution in [3.8, 4) is 11.4 Å². The lowest BCUT2D eigenvalue weighted by molar-refractivity contribution is -0.149. The first-order chi connectivity index (χ1) is 11.8. The predicted octanol–water partition coefficient (Wildman–Crippen LogP) is 1.96. The van der Waals surface area contributed by atoms with Crippen molar-refractivity contribution in [2.75, 3.05) is 24.5 Å². The molecule has 11 heteroatoms. The van der Waals surface area contributed by atoms with Gasteiger partial charge in [0.05, 0.1) is 0 Å². The Balaban J connectivity index is 2.10. The van der Waals surface area contributed by atoms with E-state index in [-0.39, 0.29) is 36.8 Å². The molecule has 0 amide bonds. The standard InChI is InChI=1S/C14H12ClF4N5O/c15-10-12(24-4-3-20-6-8(24)14(17,18)19)22-11(23-13(10)25)7-1-2-21-9(16)5-7/h1-2,5,8,20H,3-4,6H2,(H,22,23,25). The van der Waals surface area contributed by atoms with Crippen LogP contribution in [-0.2, 0) is 0 Å². The molecule has 1 aliphatic heterocycles. The van der Waals surface area contributed by atoms with Gasteiger partial charge in [-0.1, -0.05) is 11.6 Å². The maximum Gasteiger partial charge on any atom is 0.410 e. The molecule has 3 heterocycles. The molecule has 1 saturated heterocycles. The van der Waals surface area contributed by atoms with E-state index in [0.717, 1.165) is 17.2 Å². The summed E-state index contributed by atoms with van der Waals surface area (Å²) in [4.78, 5) is 22.8. The van der Waals surface area contributed by atoms with E-state index in [0.29, 0.717) is 0 Å². The predicted molar refractivity (Wildman–Crippen MR) is 83.1 cm³/mol. The Hall–Kier alpha value is -2.20. The van der Waals surface area contributed by atoms with E-state index < -0.39 is 28.7 Å². The largest absolute Gasteiger partial charge is 0.410 e. The SMILES string of the molecule is O=c1[nH]c(-c2ccnc(F)c2)nc(N2CCNCC2C(F)(F)F)c1Cl. The molecule has 0 saturated carbocycles. The van der Waals surface area contributed by atoms with E-state index in [2.05, 4.69) is 20.3 Å². The number of aromatic amines is 1. The summed E-state index contributed by atoms with van der Waals surface area (Å²) in [7, 11) is 0. The van der Waals surface area contributed by atoms with Crippen LogP contribution in [0.3, 0.4) is 0 Å². The fourth-order valence-corrected chi connectivity index (χ4v) is 2.77. The molecule has 2 aromatic heterocycles. The average Bonchev–Trinajstić information content (AvgIpc) is 2.56. The number of rotatable bonds is 2. The van der Waals surface area contributed by atoms with Crippen molar-refractivity contribution >= 4 is 17.4 Å². The highest BCUT2D eigenvalue weighted by molar-refractivity contribution is 6.32. The van der Waals surface area contributed by atoms with Crippen LogP contribution in [0.15, 0.2) is 23.1 Å². The van der Waals surface area contributed by atoms with Crippen LogP contribution in [0.1, 0.15) is 0 Å². The number of anilines is 1. The van der Waals surface area contributed by atoms with Gasteiger partial charge < -0.3 is 15.2 Å². The van der Waals surface area contributed by atoms with E-state index in [4.69, 9.17) is 11.6 Å². The third kappa shape index (κ3) is 3.59. The molecule has 0 aliphatic carbocycles. The van der Waals surface area contributed by atoms with Gasteiger partial charge in [0.25, 0.3) is 5.56 Å². The molecule has 6 nitrogen and oxygen atoms in total. The second kappa shape index (κ2) is 6.60. The number of halogens is 5. The van der Waals surface area contributed by atoms with Crippen LogP contribution in [0, 0.1) is 5.95 Å². The molecule has 1 aliphatic rings. The number of pyridine rings is 1. The number of nitrogens with one attached hydrogen (secondary N) is 2. The molecule has 3 rings (SSSR count). The summed E-state index contributed by atoms with van der Waals surface area (Å²) >= 11 is 5.91. The number of piperazine rings is 1. The summed E-state index contributed by atoms with van der Waals surface area (Å²) in [6.07, 6.45) is -3.38. The van der Waals surface area contributed by atoms with Crippen LogP contribution in [0.5, 0.6) is 0 Å². The summed E-state index contributed by atoms with van der Waals surface area (Å²) in [6.45, 7) is -0.116. The van der Waals surface area contributed by atoms with Gasteiger partial charge in [0, 0.05) is 37.5 Å². The van der Waals surface area contributed by atoms with Gasteiger partial charge in [-0.3, -0.25) is 4.79 Å². The van der Waals surface area contributed by atoms with Gasteiger partial charge in [-0.15, -0.1) is 0 Å². The Morgan fingerprint density at radius 1 is 1.36 bits per heavy atom. The van der Waals surface area contributed by atoms with Gasteiger partial charge >= 0.3 is 6.18 Å². The van der Waals surface area contributed by atoms with Crippen LogP contribution < -0.4 is 15.8 Å². The number of alkyl halides is 3. The maximum atomic E-state index is 13.3. The summed E-state index contributed by atoms with van der Waals surface area (Å²) < 4.78 is 53.1. The van der Waals surface area contributed by atoms with Crippen molar-refractivity contribution < 1.29 is 17.6 Å². The molecule has 2 N–H and O–H groups in total. The zero-order chi connectivity index (χ0) is 18.2. The number of hydrogen-bond acceptors (Lipinski definition) is 5. The molecule has 1 unspecified atom stereocenters. The van der Waals surface area contributed by atoms with Crippen LogP contribution >= 0.6 is 11.6 Å². The third-order valence-electron chi connectivity index (χ3n) is 3.74. The van der Waals surface area contributed by atoms with E-state index in [9.17, 15) is 22.4 Å². The van der Waals surface area contributed by atoms with Crippen LogP contribution in [0.2, 0.25) is 5.02 Å². The van der Waals surface area contributed by atoms with E-state index in [1.807, 2.05) is 0 Å². The molecule has 1 atom stereocenters. The van der Waals surface area contributed by atoms with Crippen LogP contribution in [0.4, 0.5) is 23.4 Å². The second-order valence-electron chi connectivity index (χ2n) is 5.37. The highest BCUT2D eigenvalue weighted by atomic mass is 35.5. The zero-order valence-corrected chi connectivity index (χ0v) is 13.3. The lowest BCUT2D eigenvalue weighted by Crippen LogP contribution is -2.58. The number of nitrogens with zero attached hydrogens (tertiary/aromatic N) is 3. The topological polar surface area (TPSA) is 73.9 Å². The highest BCUT2D eigenvalue weighted by Crippen LogP contribution is 2.32. The molecule has 1 fully saturated rings. The van der Waals surface area contributed by atoms with Crippen molar-refractivity contribution in [2.45, 2.75) is 12.2 Å². The Kier molecular flexibility index (Phi) is 4.65. The third-order valence-corrected chi connectivity index (χ3v) is 4.08. The first kappa shape index (κ1) is 17.6. The average molecular weight is 378 g/mol. The minimum absolute atomic E-state index is 0.0372. The Labute approximate surface area is 143 Å². The zero-order valence-electron chi connectivity index (χ0n) is 12.6. The minimum atomic E-state index is -4.54. The number of aromatic nitrogens is 3. The molecular formula is C14H12ClF4N5O. The smallest absolute Gasteiger partial charge is 0.341 e. The quantitative estimate of drug-likeness (QED) is 0.618. The summed E-state index contributed by atoms with van der Waals surface area (Å²) in [5.74, 6) is -1.20. The number of hydrogen-bond donors (Lipinski definition) is 2. The van der Waals surface area contributed by atoms with Crippen molar-refractivity contribution in [2.24, 2.45) is 0 Å². The van der Waals surface area contributed by atoms with E-state index in [1.165, 1.54) is 6.07 Å². The van der Waals surface area contributed by atoms with Crippen molar-refractivity contribution in [1.29, 1.82) is 0 Å². The fourth-order valence-electron chi connectivity index (χ4n) is 2.57. The highest BCUT2D eigenvalue weighted by Gasteiger charge is 2.46. The lowest BCUT2D eigenvalue weighted by atomic mass is 10.2. The molecule has 0 spiro atoms. The second-order valence-corrected chi connectivity index (χ2v) is 5.75. The lowest BCUT2D eigenvalue weighted by Gasteiger charge is -2.38. The van der Waals surface area contributed by atoms with Gasteiger partial charge in [-0.25, -0.2) is 9.97 Å². The molecule has 0 bridgehead atoms. The maximum absolute atomic E-state index is 13.3. The fraction of sp³-hybridized carbons (Fsp3) is 0.357. The first-order valence-electron chi connectivity index (χ1n) is 7.23. The van der Waals surface area contributed by atoms with E-state index in [1.54, 1.807) is 0 Å². The first-order valence-corrected chi connectivity index (χ1v) is 7.61. The molecule has 25 heavy (non-hydrogen) atoms. The van der Waals surface area contributed by atoms with Gasteiger partial charge in [-0.2, -0.15) is 17.6 Å². The molecule has 0 radical (unpaired) electrons. The Bertz CT molecular complexity index is 841. The summed E-state index contributed by atoms with van der Waals surface area (Å²) in [6, 6.07) is 0.502. The van der Waals surface area contributed by atoms with Gasteiger partial charge in [0.2, 0.25) is 5.95 Å². The van der Waals surface area contributed by atoms with Gasteiger partial charge in [0.1, 0.15) is 16.9 Å². The molecule has 134 valence electrons. The monoisotopic (exact) mass is 377 g/mol. The van der Waals surface area contributed by atoms with Gasteiger partial charge in [-0.05, 0) is 6.07 Å².